The number of benzene rings is 1. The van der Waals surface area contributed by atoms with E-state index in [1.165, 1.54) is 0 Å². The summed E-state index contributed by atoms with van der Waals surface area (Å²) in [6.45, 7) is 3.95. The van der Waals surface area contributed by atoms with Gasteiger partial charge in [0, 0.05) is 50.0 Å². The molecule has 1 aromatic carbocycles. The molecule has 1 fully saturated rings. The molecule has 0 radical (unpaired) electrons. The zero-order valence-corrected chi connectivity index (χ0v) is 16.6. The van der Waals surface area contributed by atoms with Crippen molar-refractivity contribution >= 4 is 28.6 Å². The van der Waals surface area contributed by atoms with Gasteiger partial charge in [0.1, 0.15) is 0 Å². The lowest BCUT2D eigenvalue weighted by molar-refractivity contribution is -0.116. The van der Waals surface area contributed by atoms with Gasteiger partial charge in [0.2, 0.25) is 17.6 Å². The smallest absolute Gasteiger partial charge is 0.227 e. The number of hydrogen-bond acceptors (Lipinski definition) is 7. The van der Waals surface area contributed by atoms with E-state index < -0.39 is 0 Å². The van der Waals surface area contributed by atoms with Gasteiger partial charge in [0.05, 0.1) is 11.4 Å². The minimum absolute atomic E-state index is 0.0585. The van der Waals surface area contributed by atoms with E-state index >= 15 is 0 Å². The molecule has 0 unspecified atom stereocenters. The average Bonchev–Trinajstić information content (AvgIpc) is 3.39. The largest absolute Gasteiger partial charge is 0.367 e. The summed E-state index contributed by atoms with van der Waals surface area (Å²) in [5, 5.41) is 11.0. The lowest BCUT2D eigenvalue weighted by atomic mass is 10.2. The Bertz CT molecular complexity index is 916. The van der Waals surface area contributed by atoms with Crippen molar-refractivity contribution in [1.82, 2.24) is 15.0 Å². The number of para-hydroxylation sites is 2. The fourth-order valence-electron chi connectivity index (χ4n) is 3.20. The molecule has 146 valence electrons. The molecule has 3 aromatic rings. The van der Waals surface area contributed by atoms with Crippen LogP contribution in [0.1, 0.15) is 12.3 Å². The van der Waals surface area contributed by atoms with Crippen LogP contribution in [0.15, 0.2) is 45.6 Å². The summed E-state index contributed by atoms with van der Waals surface area (Å²) in [5.74, 6) is 0.984. The first-order valence-electron chi connectivity index (χ1n) is 9.36. The third-order valence-corrected chi connectivity index (χ3v) is 5.52. The van der Waals surface area contributed by atoms with Gasteiger partial charge >= 0.3 is 0 Å². The molecule has 0 saturated carbocycles. The number of rotatable bonds is 6. The van der Waals surface area contributed by atoms with E-state index in [4.69, 9.17) is 4.52 Å². The van der Waals surface area contributed by atoms with Gasteiger partial charge in [-0.1, -0.05) is 17.3 Å². The number of carbonyl (C=O) groups is 1. The monoisotopic (exact) mass is 397 g/mol. The SMILES string of the molecule is CN1CCN(c2ccccc2NC(=O)CCc2nc(-c3ccsc3)no2)CC1. The second-order valence-electron chi connectivity index (χ2n) is 6.88. The standard InChI is InChI=1S/C20H23N5O2S/c1-24-9-11-25(12-10-24)17-5-3-2-4-16(17)21-18(26)6-7-19-22-20(23-27-19)15-8-13-28-14-15/h2-5,8,13-14H,6-7,9-12H2,1H3,(H,21,26). The molecule has 0 atom stereocenters. The number of thiophene rings is 1. The number of nitrogens with one attached hydrogen (secondary N) is 1. The average molecular weight is 398 g/mol. The van der Waals surface area contributed by atoms with Crippen LogP contribution in [-0.2, 0) is 11.2 Å². The highest BCUT2D eigenvalue weighted by atomic mass is 32.1. The first-order chi connectivity index (χ1) is 13.7. The number of nitrogens with zero attached hydrogens (tertiary/aromatic N) is 4. The third kappa shape index (κ3) is 4.40. The summed E-state index contributed by atoms with van der Waals surface area (Å²) >= 11 is 1.58. The van der Waals surface area contributed by atoms with Crippen molar-refractivity contribution in [2.45, 2.75) is 12.8 Å². The minimum atomic E-state index is -0.0585. The van der Waals surface area contributed by atoms with Crippen LogP contribution in [0.5, 0.6) is 0 Å². The number of likely N-dealkylation sites (N-methyl/N-ethyl adjacent to an activating group) is 1. The first-order valence-corrected chi connectivity index (χ1v) is 10.3. The molecule has 7 nitrogen and oxygen atoms in total. The van der Waals surface area contributed by atoms with Gasteiger partial charge in [-0.2, -0.15) is 16.3 Å². The number of piperazine rings is 1. The highest BCUT2D eigenvalue weighted by molar-refractivity contribution is 7.08. The highest BCUT2D eigenvalue weighted by Gasteiger charge is 2.18. The summed E-state index contributed by atoms with van der Waals surface area (Å²) in [7, 11) is 2.13. The van der Waals surface area contributed by atoms with Crippen LogP contribution in [0.2, 0.25) is 0 Å². The predicted molar refractivity (Wildman–Crippen MR) is 111 cm³/mol. The Kier molecular flexibility index (Phi) is 5.68. The summed E-state index contributed by atoms with van der Waals surface area (Å²) in [5.41, 5.74) is 2.86. The Morgan fingerprint density at radius 3 is 2.82 bits per heavy atom. The Hall–Kier alpha value is -2.71. The van der Waals surface area contributed by atoms with Crippen molar-refractivity contribution in [3.63, 3.8) is 0 Å². The van der Waals surface area contributed by atoms with Crippen LogP contribution < -0.4 is 10.2 Å². The van der Waals surface area contributed by atoms with Gasteiger partial charge in [-0.3, -0.25) is 4.79 Å². The van der Waals surface area contributed by atoms with Gasteiger partial charge in [0.25, 0.3) is 0 Å². The predicted octanol–water partition coefficient (Wildman–Crippen LogP) is 3.12. The maximum Gasteiger partial charge on any atom is 0.227 e. The van der Waals surface area contributed by atoms with Crippen LogP contribution in [0.25, 0.3) is 11.4 Å². The number of aryl methyl sites for hydroxylation is 1. The Morgan fingerprint density at radius 2 is 2.04 bits per heavy atom. The van der Waals surface area contributed by atoms with Crippen LogP contribution in [0.4, 0.5) is 11.4 Å². The molecule has 1 amide bonds. The Morgan fingerprint density at radius 1 is 1.21 bits per heavy atom. The topological polar surface area (TPSA) is 74.5 Å². The summed E-state index contributed by atoms with van der Waals surface area (Å²) in [6.07, 6.45) is 0.710. The number of aromatic nitrogens is 2. The molecule has 3 heterocycles. The normalized spacial score (nSPS) is 15.0. The number of anilines is 2. The molecule has 2 aromatic heterocycles. The fraction of sp³-hybridized carbons (Fsp3) is 0.350. The van der Waals surface area contributed by atoms with Crippen LogP contribution in [0, 0.1) is 0 Å². The molecule has 1 saturated heterocycles. The number of carbonyl (C=O) groups excluding carboxylic acids is 1. The fourth-order valence-corrected chi connectivity index (χ4v) is 3.84. The molecule has 1 aliphatic heterocycles. The molecule has 28 heavy (non-hydrogen) atoms. The van der Waals surface area contributed by atoms with Gasteiger partial charge in [-0.15, -0.1) is 0 Å². The molecule has 0 bridgehead atoms. The van der Waals surface area contributed by atoms with Crippen molar-refractivity contribution in [3.05, 3.63) is 47.0 Å². The quantitative estimate of drug-likeness (QED) is 0.689. The Labute approximate surface area is 168 Å². The van der Waals surface area contributed by atoms with Crippen LogP contribution in [0.3, 0.4) is 0 Å². The molecule has 0 spiro atoms. The summed E-state index contributed by atoms with van der Waals surface area (Å²) in [4.78, 5) is 21.5. The molecule has 8 heteroatoms. The summed E-state index contributed by atoms with van der Waals surface area (Å²) in [6, 6.07) is 9.91. The van der Waals surface area contributed by atoms with Crippen LogP contribution in [-0.4, -0.2) is 54.2 Å². The van der Waals surface area contributed by atoms with Gasteiger partial charge in [-0.25, -0.2) is 0 Å². The lowest BCUT2D eigenvalue weighted by Gasteiger charge is -2.35. The third-order valence-electron chi connectivity index (χ3n) is 4.84. The van der Waals surface area contributed by atoms with Crippen molar-refractivity contribution < 1.29 is 9.32 Å². The Balaban J connectivity index is 1.35. The molecule has 1 aliphatic rings. The van der Waals surface area contributed by atoms with E-state index in [9.17, 15) is 4.79 Å². The van der Waals surface area contributed by atoms with E-state index in [1.54, 1.807) is 11.3 Å². The van der Waals surface area contributed by atoms with Gasteiger partial charge < -0.3 is 19.6 Å². The van der Waals surface area contributed by atoms with Crippen molar-refractivity contribution in [2.24, 2.45) is 0 Å². The minimum Gasteiger partial charge on any atom is -0.367 e. The molecule has 4 rings (SSSR count). The van der Waals surface area contributed by atoms with Crippen molar-refractivity contribution in [1.29, 1.82) is 0 Å². The van der Waals surface area contributed by atoms with E-state index in [0.29, 0.717) is 24.6 Å². The highest BCUT2D eigenvalue weighted by Crippen LogP contribution is 2.27. The first kappa shape index (κ1) is 18.6. The molecular weight excluding hydrogens is 374 g/mol. The zero-order chi connectivity index (χ0) is 19.3. The van der Waals surface area contributed by atoms with Crippen molar-refractivity contribution in [3.8, 4) is 11.4 Å². The van der Waals surface area contributed by atoms with E-state index in [0.717, 1.165) is 43.1 Å². The maximum atomic E-state index is 12.5. The second-order valence-corrected chi connectivity index (χ2v) is 7.66. The lowest BCUT2D eigenvalue weighted by Crippen LogP contribution is -2.44. The maximum absolute atomic E-state index is 12.5. The summed E-state index contributed by atoms with van der Waals surface area (Å²) < 4.78 is 5.27. The van der Waals surface area contributed by atoms with E-state index in [2.05, 4.69) is 38.4 Å². The number of amides is 1. The molecular formula is C20H23N5O2S. The van der Waals surface area contributed by atoms with E-state index in [1.807, 2.05) is 35.0 Å². The molecule has 0 aliphatic carbocycles. The van der Waals surface area contributed by atoms with Crippen LogP contribution >= 0.6 is 11.3 Å². The van der Waals surface area contributed by atoms with E-state index in [-0.39, 0.29) is 5.91 Å². The van der Waals surface area contributed by atoms with Gasteiger partial charge in [0.15, 0.2) is 0 Å². The van der Waals surface area contributed by atoms with Crippen molar-refractivity contribution in [2.75, 3.05) is 43.4 Å². The zero-order valence-electron chi connectivity index (χ0n) is 15.8. The number of hydrogen-bond donors (Lipinski definition) is 1. The second kappa shape index (κ2) is 8.53. The molecule has 1 N–H and O–H groups in total. The van der Waals surface area contributed by atoms with Gasteiger partial charge in [-0.05, 0) is 30.6 Å².